The van der Waals surface area contributed by atoms with Crippen LogP contribution >= 0.6 is 0 Å². The van der Waals surface area contributed by atoms with Crippen LogP contribution in [0.5, 0.6) is 0 Å². The van der Waals surface area contributed by atoms with Gasteiger partial charge in [0, 0.05) is 44.6 Å². The van der Waals surface area contributed by atoms with Crippen molar-refractivity contribution in [2.75, 3.05) is 4.90 Å². The van der Waals surface area contributed by atoms with Gasteiger partial charge in [-0.25, -0.2) is 0 Å². The largest absolute Gasteiger partial charge is 0.311 e. The van der Waals surface area contributed by atoms with Crippen LogP contribution < -0.4 is 4.90 Å². The maximum Gasteiger partial charge on any atom is 0.168 e. The topological polar surface area (TPSA) is 38.9 Å². The van der Waals surface area contributed by atoms with E-state index in [9.17, 15) is 0 Å². The lowest BCUT2D eigenvalue weighted by Gasteiger charge is -2.26. The molecule has 5 nitrogen and oxygen atoms in total. The number of aryl methyl sites for hydroxylation is 1. The van der Waals surface area contributed by atoms with Crippen LogP contribution in [0.2, 0.25) is 0 Å². The second kappa shape index (κ2) is 12.6. The molecule has 0 saturated heterocycles. The van der Waals surface area contributed by atoms with Crippen molar-refractivity contribution in [1.82, 2.24) is 19.3 Å². The molecule has 244 valence electrons. The summed E-state index contributed by atoms with van der Waals surface area (Å²) in [6.07, 6.45) is 0. The maximum absolute atomic E-state index is 4.78. The highest BCUT2D eigenvalue weighted by Crippen LogP contribution is 2.38. The van der Waals surface area contributed by atoms with Crippen LogP contribution in [0.4, 0.5) is 17.1 Å². The van der Waals surface area contributed by atoms with Crippen LogP contribution in [0.15, 0.2) is 176 Å². The van der Waals surface area contributed by atoms with Gasteiger partial charge in [0.2, 0.25) is 0 Å². The Labute approximate surface area is 297 Å². The lowest BCUT2D eigenvalue weighted by Crippen LogP contribution is -2.10. The summed E-state index contributed by atoms with van der Waals surface area (Å²) in [7, 11) is 0. The fourth-order valence-electron chi connectivity index (χ4n) is 7.19. The highest BCUT2D eigenvalue weighted by atomic mass is 15.3. The van der Waals surface area contributed by atoms with Crippen molar-refractivity contribution in [3.8, 4) is 34.2 Å². The van der Waals surface area contributed by atoms with Gasteiger partial charge in [0.25, 0.3) is 0 Å². The molecule has 0 aliphatic carbocycles. The molecule has 0 bridgehead atoms. The predicted molar refractivity (Wildman–Crippen MR) is 211 cm³/mol. The summed E-state index contributed by atoms with van der Waals surface area (Å²) in [5.41, 5.74) is 12.2. The number of benzene rings is 7. The molecule has 51 heavy (non-hydrogen) atoms. The average molecular weight is 658 g/mol. The van der Waals surface area contributed by atoms with Crippen LogP contribution in [0.3, 0.4) is 0 Å². The molecule has 9 aromatic rings. The Kier molecular flexibility index (Phi) is 7.51. The van der Waals surface area contributed by atoms with E-state index < -0.39 is 0 Å². The number of hydrogen-bond donors (Lipinski definition) is 0. The second-order valence-corrected chi connectivity index (χ2v) is 12.9. The van der Waals surface area contributed by atoms with Gasteiger partial charge < -0.3 is 9.47 Å². The van der Waals surface area contributed by atoms with Crippen LogP contribution in [0, 0.1) is 13.8 Å². The van der Waals surface area contributed by atoms with Crippen LogP contribution in [0.1, 0.15) is 11.1 Å². The molecule has 0 atom stereocenters. The minimum absolute atomic E-state index is 0.802. The highest BCUT2D eigenvalue weighted by Gasteiger charge is 2.20. The molecule has 0 unspecified atom stereocenters. The smallest absolute Gasteiger partial charge is 0.168 e. The van der Waals surface area contributed by atoms with Crippen molar-refractivity contribution in [2.45, 2.75) is 13.8 Å². The van der Waals surface area contributed by atoms with Crippen molar-refractivity contribution in [1.29, 1.82) is 0 Å². The molecule has 9 rings (SSSR count). The third-order valence-corrected chi connectivity index (χ3v) is 9.86. The first-order chi connectivity index (χ1) is 25.2. The SMILES string of the molecule is Cc1cccc(-n2c(-c3ccccc3)nnc2-c2ccc(N(c3ccccc3)c3ccc(-n4c5ccccc5c5ccccc54)cc3)cc2)c1C. The summed E-state index contributed by atoms with van der Waals surface area (Å²) in [6, 6.07) is 62.0. The summed E-state index contributed by atoms with van der Waals surface area (Å²) in [5.74, 6) is 1.62. The molecule has 0 aliphatic rings. The van der Waals surface area contributed by atoms with Crippen LogP contribution in [-0.4, -0.2) is 19.3 Å². The van der Waals surface area contributed by atoms with E-state index in [1.807, 2.05) is 18.2 Å². The Morgan fingerprint density at radius 2 is 0.902 bits per heavy atom. The van der Waals surface area contributed by atoms with E-state index in [2.05, 4.69) is 186 Å². The molecule has 0 radical (unpaired) electrons. The summed E-state index contributed by atoms with van der Waals surface area (Å²) < 4.78 is 4.54. The van der Waals surface area contributed by atoms with Gasteiger partial charge in [0.05, 0.1) is 16.7 Å². The first-order valence-corrected chi connectivity index (χ1v) is 17.3. The Morgan fingerprint density at radius 1 is 0.412 bits per heavy atom. The number of anilines is 3. The number of hydrogen-bond acceptors (Lipinski definition) is 3. The van der Waals surface area contributed by atoms with Crippen LogP contribution in [0.25, 0.3) is 56.0 Å². The quantitative estimate of drug-likeness (QED) is 0.171. The van der Waals surface area contributed by atoms with E-state index in [4.69, 9.17) is 10.2 Å². The number of fused-ring (bicyclic) bond motifs is 3. The van der Waals surface area contributed by atoms with Gasteiger partial charge in [0.1, 0.15) is 0 Å². The molecule has 0 amide bonds. The van der Waals surface area contributed by atoms with Gasteiger partial charge in [-0.3, -0.25) is 4.57 Å². The second-order valence-electron chi connectivity index (χ2n) is 12.9. The Balaban J connectivity index is 1.13. The van der Waals surface area contributed by atoms with E-state index >= 15 is 0 Å². The molecular formula is C46H35N5. The third kappa shape index (κ3) is 5.27. The molecule has 0 fully saturated rings. The molecule has 2 aromatic heterocycles. The lowest BCUT2D eigenvalue weighted by molar-refractivity contribution is 1.05. The standard InChI is InChI=1S/C46H35N5/c1-32-14-13-23-42(33(32)2)51-45(34-15-5-3-6-16-34)47-48-46(51)35-24-26-37(27-25-35)49(36-17-7-4-8-18-36)38-28-30-39(31-29-38)50-43-21-11-9-19-40(43)41-20-10-12-22-44(41)50/h3-31H,1-2H3. The van der Waals surface area contributed by atoms with Gasteiger partial charge in [-0.15, -0.1) is 10.2 Å². The van der Waals surface area contributed by atoms with Gasteiger partial charge in [-0.05, 0) is 104 Å². The molecule has 0 aliphatic heterocycles. The van der Waals surface area contributed by atoms with Crippen molar-refractivity contribution < 1.29 is 0 Å². The normalized spacial score (nSPS) is 11.3. The maximum atomic E-state index is 4.78. The van der Waals surface area contributed by atoms with Crippen molar-refractivity contribution in [3.63, 3.8) is 0 Å². The molecule has 0 N–H and O–H groups in total. The zero-order valence-electron chi connectivity index (χ0n) is 28.5. The average Bonchev–Trinajstić information content (AvgIpc) is 3.78. The number of nitrogens with zero attached hydrogens (tertiary/aromatic N) is 5. The lowest BCUT2D eigenvalue weighted by atomic mass is 10.1. The van der Waals surface area contributed by atoms with Crippen molar-refractivity contribution in [3.05, 3.63) is 187 Å². The molecule has 2 heterocycles. The minimum atomic E-state index is 0.802. The first kappa shape index (κ1) is 30.3. The number of para-hydroxylation sites is 3. The Morgan fingerprint density at radius 3 is 1.51 bits per heavy atom. The van der Waals surface area contributed by atoms with E-state index in [-0.39, 0.29) is 0 Å². The van der Waals surface area contributed by atoms with E-state index in [0.29, 0.717) is 0 Å². The number of rotatable bonds is 7. The monoisotopic (exact) mass is 657 g/mol. The fraction of sp³-hybridized carbons (Fsp3) is 0.0435. The van der Waals surface area contributed by atoms with Gasteiger partial charge in [0.15, 0.2) is 11.6 Å². The third-order valence-electron chi connectivity index (χ3n) is 9.86. The molecule has 7 aromatic carbocycles. The molecule has 5 heteroatoms. The summed E-state index contributed by atoms with van der Waals surface area (Å²) in [4.78, 5) is 2.30. The van der Waals surface area contributed by atoms with Gasteiger partial charge >= 0.3 is 0 Å². The predicted octanol–water partition coefficient (Wildman–Crippen LogP) is 11.8. The first-order valence-electron chi connectivity index (χ1n) is 17.3. The summed E-state index contributed by atoms with van der Waals surface area (Å²) >= 11 is 0. The van der Waals surface area contributed by atoms with E-state index in [0.717, 1.165) is 51.2 Å². The highest BCUT2D eigenvalue weighted by molar-refractivity contribution is 6.09. The van der Waals surface area contributed by atoms with E-state index in [1.165, 1.54) is 32.9 Å². The fourth-order valence-corrected chi connectivity index (χ4v) is 7.19. The Bertz CT molecular complexity index is 2580. The molecular weight excluding hydrogens is 623 g/mol. The summed E-state index contributed by atoms with van der Waals surface area (Å²) in [6.45, 7) is 4.31. The van der Waals surface area contributed by atoms with Crippen molar-refractivity contribution in [2.24, 2.45) is 0 Å². The zero-order chi connectivity index (χ0) is 34.3. The summed E-state index contributed by atoms with van der Waals surface area (Å²) in [5, 5.41) is 12.0. The van der Waals surface area contributed by atoms with Crippen molar-refractivity contribution >= 4 is 38.9 Å². The Hall–Kier alpha value is -6.72. The molecule has 0 saturated carbocycles. The van der Waals surface area contributed by atoms with Gasteiger partial charge in [-0.2, -0.15) is 0 Å². The number of aromatic nitrogens is 4. The minimum Gasteiger partial charge on any atom is -0.311 e. The molecule has 0 spiro atoms. The zero-order valence-corrected chi connectivity index (χ0v) is 28.5. The van der Waals surface area contributed by atoms with E-state index in [1.54, 1.807) is 0 Å². The van der Waals surface area contributed by atoms with Gasteiger partial charge in [-0.1, -0.05) is 97.1 Å². The van der Waals surface area contributed by atoms with Crippen LogP contribution in [-0.2, 0) is 0 Å².